The predicted octanol–water partition coefficient (Wildman–Crippen LogP) is 1.44. The number of aryl methyl sites for hydroxylation is 2. The highest BCUT2D eigenvalue weighted by Gasteiger charge is 2.26. The quantitative estimate of drug-likeness (QED) is 0.804. The molecule has 8 heteroatoms. The average molecular weight is 371 g/mol. The molecule has 4 rings (SSSR count). The third-order valence-corrected chi connectivity index (χ3v) is 5.42. The van der Waals surface area contributed by atoms with E-state index in [-0.39, 0.29) is 5.91 Å². The minimum atomic E-state index is 0.146. The van der Waals surface area contributed by atoms with Gasteiger partial charge in [-0.15, -0.1) is 0 Å². The molecule has 2 aromatic heterocycles. The first-order valence-electron chi connectivity index (χ1n) is 9.48. The van der Waals surface area contributed by atoms with Crippen LogP contribution in [0.25, 0.3) is 0 Å². The molecule has 1 saturated heterocycles. The third kappa shape index (κ3) is 3.66. The van der Waals surface area contributed by atoms with Gasteiger partial charge in [-0.2, -0.15) is 0 Å². The van der Waals surface area contributed by atoms with E-state index in [0.29, 0.717) is 25.9 Å². The number of morpholine rings is 1. The van der Waals surface area contributed by atoms with Crippen molar-refractivity contribution in [3.63, 3.8) is 0 Å². The van der Waals surface area contributed by atoms with E-state index in [0.717, 1.165) is 61.3 Å². The van der Waals surface area contributed by atoms with Crippen LogP contribution in [0.15, 0.2) is 10.9 Å². The molecule has 1 fully saturated rings. The van der Waals surface area contributed by atoms with Crippen LogP contribution in [0.3, 0.4) is 0 Å². The van der Waals surface area contributed by atoms with Crippen molar-refractivity contribution in [2.75, 3.05) is 37.7 Å². The maximum absolute atomic E-state index is 12.7. The molecular weight excluding hydrogens is 346 g/mol. The van der Waals surface area contributed by atoms with Gasteiger partial charge in [-0.05, 0) is 26.7 Å². The molecule has 144 valence electrons. The molecule has 0 saturated carbocycles. The van der Waals surface area contributed by atoms with Crippen LogP contribution in [0, 0.1) is 13.8 Å². The van der Waals surface area contributed by atoms with E-state index in [9.17, 15) is 4.79 Å². The Bertz CT molecular complexity index is 809. The molecule has 1 amide bonds. The Morgan fingerprint density at radius 1 is 1.19 bits per heavy atom. The van der Waals surface area contributed by atoms with Crippen molar-refractivity contribution in [1.82, 2.24) is 20.0 Å². The van der Waals surface area contributed by atoms with Gasteiger partial charge in [-0.3, -0.25) is 4.79 Å². The van der Waals surface area contributed by atoms with E-state index in [1.807, 2.05) is 18.7 Å². The summed E-state index contributed by atoms with van der Waals surface area (Å²) in [4.78, 5) is 25.9. The second kappa shape index (κ2) is 7.64. The zero-order chi connectivity index (χ0) is 18.8. The number of amides is 1. The summed E-state index contributed by atoms with van der Waals surface area (Å²) in [6.07, 6.45) is 3.52. The number of ether oxygens (including phenoxy) is 1. The number of fused-ring (bicyclic) bond motifs is 1. The zero-order valence-electron chi connectivity index (χ0n) is 15.9. The monoisotopic (exact) mass is 371 g/mol. The van der Waals surface area contributed by atoms with Crippen molar-refractivity contribution in [3.05, 3.63) is 34.6 Å². The van der Waals surface area contributed by atoms with E-state index in [1.165, 1.54) is 5.56 Å². The summed E-state index contributed by atoms with van der Waals surface area (Å²) in [7, 11) is 0. The van der Waals surface area contributed by atoms with E-state index in [4.69, 9.17) is 9.26 Å². The molecule has 4 heterocycles. The predicted molar refractivity (Wildman–Crippen MR) is 98.5 cm³/mol. The standard InChI is InChI=1S/C19H25N5O3/c1-13-15(14(2)27-22-13)3-4-18(25)24-6-5-16-17(11-24)20-12-21-19(16)23-7-9-26-10-8-23/h12H,3-11H2,1-2H3. The maximum Gasteiger partial charge on any atom is 0.223 e. The van der Waals surface area contributed by atoms with Crippen LogP contribution in [0.4, 0.5) is 5.82 Å². The van der Waals surface area contributed by atoms with Crippen LogP contribution < -0.4 is 4.90 Å². The summed E-state index contributed by atoms with van der Waals surface area (Å²) in [6, 6.07) is 0. The zero-order valence-corrected chi connectivity index (χ0v) is 15.9. The number of rotatable bonds is 4. The Morgan fingerprint density at radius 3 is 2.74 bits per heavy atom. The second-order valence-electron chi connectivity index (χ2n) is 7.09. The largest absolute Gasteiger partial charge is 0.378 e. The van der Waals surface area contributed by atoms with Gasteiger partial charge in [0.15, 0.2) is 0 Å². The molecule has 0 atom stereocenters. The van der Waals surface area contributed by atoms with Crippen LogP contribution >= 0.6 is 0 Å². The van der Waals surface area contributed by atoms with Crippen LogP contribution in [-0.2, 0) is 28.9 Å². The van der Waals surface area contributed by atoms with Crippen molar-refractivity contribution in [1.29, 1.82) is 0 Å². The average Bonchev–Trinajstić information content (AvgIpc) is 3.03. The summed E-state index contributed by atoms with van der Waals surface area (Å²) in [5.41, 5.74) is 4.04. The van der Waals surface area contributed by atoms with E-state index >= 15 is 0 Å². The first kappa shape index (κ1) is 17.9. The molecule has 27 heavy (non-hydrogen) atoms. The Hall–Kier alpha value is -2.48. The Labute approximate surface area is 158 Å². The fourth-order valence-corrected chi connectivity index (χ4v) is 3.85. The fraction of sp³-hybridized carbons (Fsp3) is 0.579. The van der Waals surface area contributed by atoms with Gasteiger partial charge in [0, 0.05) is 37.2 Å². The molecule has 0 spiro atoms. The topological polar surface area (TPSA) is 84.6 Å². The highest BCUT2D eigenvalue weighted by molar-refractivity contribution is 5.77. The van der Waals surface area contributed by atoms with Gasteiger partial charge < -0.3 is 19.1 Å². The van der Waals surface area contributed by atoms with Crippen LogP contribution in [-0.4, -0.2) is 58.8 Å². The molecule has 0 bridgehead atoms. The lowest BCUT2D eigenvalue weighted by atomic mass is 10.0. The Kier molecular flexibility index (Phi) is 5.07. The maximum atomic E-state index is 12.7. The lowest BCUT2D eigenvalue weighted by Gasteiger charge is -2.33. The minimum Gasteiger partial charge on any atom is -0.378 e. The summed E-state index contributed by atoms with van der Waals surface area (Å²) >= 11 is 0. The normalized spacial score (nSPS) is 17.1. The molecular formula is C19H25N5O3. The number of hydrogen-bond acceptors (Lipinski definition) is 7. The second-order valence-corrected chi connectivity index (χ2v) is 7.09. The van der Waals surface area contributed by atoms with E-state index < -0.39 is 0 Å². The Morgan fingerprint density at radius 2 is 2.00 bits per heavy atom. The van der Waals surface area contributed by atoms with E-state index in [2.05, 4.69) is 20.0 Å². The molecule has 2 aliphatic heterocycles. The van der Waals surface area contributed by atoms with Gasteiger partial charge in [0.1, 0.15) is 17.9 Å². The number of carbonyl (C=O) groups is 1. The van der Waals surface area contributed by atoms with Gasteiger partial charge in [-0.25, -0.2) is 9.97 Å². The number of nitrogens with zero attached hydrogens (tertiary/aromatic N) is 5. The molecule has 0 aromatic carbocycles. The van der Waals surface area contributed by atoms with Crippen LogP contribution in [0.1, 0.15) is 34.7 Å². The minimum absolute atomic E-state index is 0.146. The molecule has 8 nitrogen and oxygen atoms in total. The van der Waals surface area contributed by atoms with Crippen molar-refractivity contribution >= 4 is 11.7 Å². The highest BCUT2D eigenvalue weighted by atomic mass is 16.5. The van der Waals surface area contributed by atoms with Gasteiger partial charge in [0.05, 0.1) is 31.1 Å². The van der Waals surface area contributed by atoms with Gasteiger partial charge in [-0.1, -0.05) is 5.16 Å². The lowest BCUT2D eigenvalue weighted by molar-refractivity contribution is -0.132. The van der Waals surface area contributed by atoms with Crippen LogP contribution in [0.5, 0.6) is 0 Å². The highest BCUT2D eigenvalue weighted by Crippen LogP contribution is 2.26. The first-order valence-corrected chi connectivity index (χ1v) is 9.48. The third-order valence-electron chi connectivity index (χ3n) is 5.42. The smallest absolute Gasteiger partial charge is 0.223 e. The molecule has 2 aromatic rings. The molecule has 0 N–H and O–H groups in total. The summed E-state index contributed by atoms with van der Waals surface area (Å²) in [5.74, 6) is 1.95. The van der Waals surface area contributed by atoms with Crippen molar-refractivity contribution < 1.29 is 14.1 Å². The lowest BCUT2D eigenvalue weighted by Crippen LogP contribution is -2.40. The summed E-state index contributed by atoms with van der Waals surface area (Å²) in [5, 5.41) is 3.96. The fourth-order valence-electron chi connectivity index (χ4n) is 3.85. The number of carbonyl (C=O) groups excluding carboxylic acids is 1. The Balaban J connectivity index is 1.43. The van der Waals surface area contributed by atoms with Crippen molar-refractivity contribution in [2.24, 2.45) is 0 Å². The van der Waals surface area contributed by atoms with Gasteiger partial charge in [0.2, 0.25) is 5.91 Å². The molecule has 0 unspecified atom stereocenters. The first-order chi connectivity index (χ1) is 13.1. The molecule has 0 radical (unpaired) electrons. The molecule has 2 aliphatic rings. The molecule has 0 aliphatic carbocycles. The van der Waals surface area contributed by atoms with Gasteiger partial charge in [0.25, 0.3) is 0 Å². The number of aromatic nitrogens is 3. The number of anilines is 1. The number of hydrogen-bond donors (Lipinski definition) is 0. The van der Waals surface area contributed by atoms with Crippen molar-refractivity contribution in [2.45, 2.75) is 39.7 Å². The van der Waals surface area contributed by atoms with E-state index in [1.54, 1.807) is 6.33 Å². The van der Waals surface area contributed by atoms with Gasteiger partial charge >= 0.3 is 0 Å². The summed E-state index contributed by atoms with van der Waals surface area (Å²) < 4.78 is 10.6. The van der Waals surface area contributed by atoms with Crippen LogP contribution in [0.2, 0.25) is 0 Å². The SMILES string of the molecule is Cc1noc(C)c1CCC(=O)N1CCc2c(ncnc2N2CCOCC2)C1. The summed E-state index contributed by atoms with van der Waals surface area (Å²) in [6.45, 7) is 8.22. The van der Waals surface area contributed by atoms with Crippen molar-refractivity contribution in [3.8, 4) is 0 Å².